The van der Waals surface area contributed by atoms with Gasteiger partial charge in [-0.2, -0.15) is 0 Å². The molecule has 1 N–H and O–H groups in total. The van der Waals surface area contributed by atoms with E-state index in [4.69, 9.17) is 0 Å². The Balaban J connectivity index is 0.00000242. The van der Waals surface area contributed by atoms with Gasteiger partial charge in [0.25, 0.3) is 0 Å². The molecular weight excluding hydrogens is 362 g/mol. The minimum absolute atomic E-state index is 0. The first-order valence-electron chi connectivity index (χ1n) is 7.20. The predicted molar refractivity (Wildman–Crippen MR) is 88.3 cm³/mol. The molecule has 0 aliphatic carbocycles. The topological polar surface area (TPSA) is 40.3 Å². The number of carbonyl (C=O) groups is 1. The van der Waals surface area contributed by atoms with E-state index in [9.17, 15) is 9.90 Å². The number of Topliss-reactive ketones (excluding diaryl/α,β-unsaturated/α-hetero) is 1. The van der Waals surface area contributed by atoms with E-state index >= 15 is 0 Å². The van der Waals surface area contributed by atoms with E-state index in [1.54, 1.807) is 11.8 Å². The molecule has 1 heterocycles. The van der Waals surface area contributed by atoms with Gasteiger partial charge in [0.2, 0.25) is 12.3 Å². The van der Waals surface area contributed by atoms with Crippen LogP contribution in [0.3, 0.4) is 0 Å². The summed E-state index contributed by atoms with van der Waals surface area (Å²) in [5.74, 6) is 0.123. The van der Waals surface area contributed by atoms with Crippen molar-refractivity contribution >= 4 is 23.1 Å². The van der Waals surface area contributed by atoms with E-state index in [1.807, 2.05) is 42.0 Å². The monoisotopic (exact) mass is 383 g/mol. The largest absolute Gasteiger partial charge is 1.00 e. The van der Waals surface area contributed by atoms with Crippen molar-refractivity contribution in [1.82, 2.24) is 0 Å². The van der Waals surface area contributed by atoms with Gasteiger partial charge in [0.05, 0.1) is 4.75 Å². The summed E-state index contributed by atoms with van der Waals surface area (Å²) in [4.78, 5) is 12.3. The van der Waals surface area contributed by atoms with Crippen molar-refractivity contribution in [2.45, 2.75) is 30.6 Å². The molecule has 3 nitrogen and oxygen atoms in total. The minimum Gasteiger partial charge on any atom is -1.00 e. The van der Waals surface area contributed by atoms with Crippen LogP contribution in [0.5, 0.6) is 0 Å². The van der Waals surface area contributed by atoms with Crippen LogP contribution in [-0.4, -0.2) is 45.0 Å². The predicted octanol–water partition coefficient (Wildman–Crippen LogP) is -0.253. The number of carbonyl (C=O) groups excluding carboxylic acids is 1. The smallest absolute Gasteiger partial charge is 0.227 e. The molecule has 1 aliphatic heterocycles. The van der Waals surface area contributed by atoms with Crippen molar-refractivity contribution in [3.05, 3.63) is 48.6 Å². The SMILES string of the molecule is C=CCC1(CCO)SC=[N+](CC(=O)c2ccccc2)C1C.[Br-]. The number of nitrogens with zero attached hydrogens (tertiary/aromatic N) is 1. The maximum Gasteiger partial charge on any atom is 0.227 e. The molecule has 0 radical (unpaired) electrons. The average Bonchev–Trinajstić information content (AvgIpc) is 2.79. The minimum atomic E-state index is -0.0759. The van der Waals surface area contributed by atoms with E-state index in [0.29, 0.717) is 13.0 Å². The van der Waals surface area contributed by atoms with Gasteiger partial charge in [-0.05, 0) is 19.8 Å². The number of thioether (sulfide) groups is 1. The Morgan fingerprint density at radius 2 is 2.14 bits per heavy atom. The zero-order valence-corrected chi connectivity index (χ0v) is 15.1. The summed E-state index contributed by atoms with van der Waals surface area (Å²) in [6.45, 7) is 6.47. The second-order valence-electron chi connectivity index (χ2n) is 5.39. The molecule has 1 aliphatic rings. The summed E-state index contributed by atoms with van der Waals surface area (Å²) < 4.78 is 2.01. The summed E-state index contributed by atoms with van der Waals surface area (Å²) in [5.41, 5.74) is 2.77. The van der Waals surface area contributed by atoms with Crippen LogP contribution in [0.15, 0.2) is 43.0 Å². The summed E-state index contributed by atoms with van der Waals surface area (Å²) >= 11 is 1.71. The van der Waals surface area contributed by atoms with Gasteiger partial charge < -0.3 is 22.1 Å². The molecule has 2 rings (SSSR count). The van der Waals surface area contributed by atoms with Crippen molar-refractivity contribution in [1.29, 1.82) is 0 Å². The third-order valence-corrected chi connectivity index (χ3v) is 5.69. The Morgan fingerprint density at radius 1 is 1.45 bits per heavy atom. The molecule has 0 fully saturated rings. The number of allylic oxidation sites excluding steroid dienone is 1. The van der Waals surface area contributed by atoms with Gasteiger partial charge in [0.1, 0.15) is 0 Å². The van der Waals surface area contributed by atoms with Crippen molar-refractivity contribution in [2.75, 3.05) is 13.2 Å². The van der Waals surface area contributed by atoms with Crippen molar-refractivity contribution in [3.63, 3.8) is 0 Å². The van der Waals surface area contributed by atoms with E-state index in [1.165, 1.54) is 0 Å². The zero-order chi connectivity index (χ0) is 15.3. The van der Waals surface area contributed by atoms with Crippen LogP contribution in [0.25, 0.3) is 0 Å². The Morgan fingerprint density at radius 3 is 2.73 bits per heavy atom. The second-order valence-corrected chi connectivity index (χ2v) is 6.65. The Kier molecular flexibility index (Phi) is 7.53. The molecule has 0 saturated heterocycles. The Hall–Kier alpha value is -0.910. The van der Waals surface area contributed by atoms with Gasteiger partial charge in [-0.1, -0.05) is 48.2 Å². The molecule has 0 bridgehead atoms. The highest BCUT2D eigenvalue weighted by atomic mass is 79.9. The molecule has 0 saturated carbocycles. The fourth-order valence-electron chi connectivity index (χ4n) is 2.74. The fraction of sp³-hybridized carbons (Fsp3) is 0.412. The van der Waals surface area contributed by atoms with Crippen molar-refractivity contribution in [3.8, 4) is 0 Å². The molecule has 22 heavy (non-hydrogen) atoms. The van der Waals surface area contributed by atoms with Crippen LogP contribution in [0.2, 0.25) is 0 Å². The lowest BCUT2D eigenvalue weighted by atomic mass is 9.92. The number of aliphatic hydroxyl groups excluding tert-OH is 1. The number of ketones is 1. The number of benzene rings is 1. The molecule has 0 aromatic heterocycles. The van der Waals surface area contributed by atoms with Crippen molar-refractivity contribution in [2.24, 2.45) is 0 Å². The molecule has 2 atom stereocenters. The molecular formula is C17H22BrNO2S. The molecule has 1 aromatic carbocycles. The van der Waals surface area contributed by atoms with Gasteiger partial charge in [-0.3, -0.25) is 4.79 Å². The first kappa shape index (κ1) is 19.1. The van der Waals surface area contributed by atoms with Gasteiger partial charge in [-0.15, -0.1) is 6.58 Å². The van der Waals surface area contributed by atoms with Gasteiger partial charge >= 0.3 is 0 Å². The zero-order valence-electron chi connectivity index (χ0n) is 12.7. The maximum absolute atomic E-state index is 12.3. The summed E-state index contributed by atoms with van der Waals surface area (Å²) in [6.07, 6.45) is 3.43. The quantitative estimate of drug-likeness (QED) is 0.400. The molecule has 1 aromatic rings. The number of hydrogen-bond donors (Lipinski definition) is 1. The molecule has 0 spiro atoms. The number of hydrogen-bond acceptors (Lipinski definition) is 3. The normalized spacial score (nSPS) is 23.5. The van der Waals surface area contributed by atoms with Gasteiger partial charge in [-0.25, -0.2) is 4.58 Å². The first-order valence-corrected chi connectivity index (χ1v) is 8.08. The molecule has 5 heteroatoms. The second kappa shape index (κ2) is 8.65. The highest BCUT2D eigenvalue weighted by molar-refractivity contribution is 8.13. The lowest BCUT2D eigenvalue weighted by Crippen LogP contribution is -3.00. The van der Waals surface area contributed by atoms with Crippen LogP contribution in [0, 0.1) is 0 Å². The van der Waals surface area contributed by atoms with Crippen LogP contribution < -0.4 is 17.0 Å². The van der Waals surface area contributed by atoms with Gasteiger partial charge in [0.15, 0.2) is 11.6 Å². The summed E-state index contributed by atoms with van der Waals surface area (Å²) in [7, 11) is 0. The molecule has 0 amide bonds. The fourth-order valence-corrected chi connectivity index (χ4v) is 4.10. The molecule has 2 unspecified atom stereocenters. The van der Waals surface area contributed by atoms with E-state index < -0.39 is 0 Å². The lowest BCUT2D eigenvalue weighted by Gasteiger charge is -2.27. The third kappa shape index (κ3) is 4.09. The standard InChI is InChI=1S/C17H22NO2S.BrH/c1-3-9-17(10-11-19)14(2)18(13-21-17)12-16(20)15-7-5-4-6-8-15;/h3-8,13-14,19H,1,9-12H2,2H3;1H/q+1;/p-1. The average molecular weight is 384 g/mol. The van der Waals surface area contributed by atoms with Crippen LogP contribution in [0.4, 0.5) is 0 Å². The van der Waals surface area contributed by atoms with E-state index in [-0.39, 0.29) is 40.2 Å². The Labute approximate surface area is 146 Å². The van der Waals surface area contributed by atoms with Crippen LogP contribution in [-0.2, 0) is 0 Å². The van der Waals surface area contributed by atoms with Crippen molar-refractivity contribution < 1.29 is 31.5 Å². The third-order valence-electron chi connectivity index (χ3n) is 4.13. The van der Waals surface area contributed by atoms with Crippen LogP contribution >= 0.6 is 11.8 Å². The summed E-state index contributed by atoms with van der Waals surface area (Å²) in [6, 6.07) is 9.56. The number of halogens is 1. The highest BCUT2D eigenvalue weighted by Crippen LogP contribution is 2.40. The first-order chi connectivity index (χ1) is 10.1. The maximum atomic E-state index is 12.3. The van der Waals surface area contributed by atoms with Gasteiger partial charge in [0, 0.05) is 12.2 Å². The summed E-state index contributed by atoms with van der Waals surface area (Å²) in [5, 5.41) is 9.34. The van der Waals surface area contributed by atoms with Crippen LogP contribution in [0.1, 0.15) is 30.1 Å². The molecule has 120 valence electrons. The lowest BCUT2D eigenvalue weighted by molar-refractivity contribution is -0.545. The van der Waals surface area contributed by atoms with E-state index in [2.05, 4.69) is 18.1 Å². The number of rotatable bonds is 7. The number of aliphatic hydroxyl groups is 1. The van der Waals surface area contributed by atoms with E-state index in [0.717, 1.165) is 12.0 Å². The Bertz CT molecular complexity index is 547. The highest BCUT2D eigenvalue weighted by Gasteiger charge is 2.47.